The summed E-state index contributed by atoms with van der Waals surface area (Å²) >= 11 is 0. The molecule has 0 spiro atoms. The van der Waals surface area contributed by atoms with Crippen molar-refractivity contribution >= 4 is 77.2 Å². The zero-order chi connectivity index (χ0) is 23.2. The van der Waals surface area contributed by atoms with E-state index in [1.807, 2.05) is 0 Å². The van der Waals surface area contributed by atoms with Gasteiger partial charge in [0.15, 0.2) is 0 Å². The molecule has 0 aliphatic carbocycles. The first kappa shape index (κ1) is 28.9. The summed E-state index contributed by atoms with van der Waals surface area (Å²) in [5.41, 5.74) is 4.14. The predicted octanol–water partition coefficient (Wildman–Crippen LogP) is -3.43. The highest BCUT2D eigenvalue weighted by atomic mass is 30.4. The fourth-order valence-electron chi connectivity index (χ4n) is 5.13. The molecule has 1 aromatic carbocycles. The van der Waals surface area contributed by atoms with Gasteiger partial charge < -0.3 is 18.0 Å². The van der Waals surface area contributed by atoms with Crippen molar-refractivity contribution in [2.45, 2.75) is 47.1 Å². The van der Waals surface area contributed by atoms with Gasteiger partial charge in [0.25, 0.3) is 8.80 Å². The third kappa shape index (κ3) is 6.46. The maximum atomic E-state index is 6.85. The molecule has 0 aromatic heterocycles. The van der Waals surface area contributed by atoms with Gasteiger partial charge in [0.05, 0.1) is 7.11 Å². The van der Waals surface area contributed by atoms with Crippen LogP contribution in [0.15, 0.2) is 12.1 Å². The topological polar surface area (TPSA) is 36.9 Å². The Morgan fingerprint density at radius 1 is 0.867 bits per heavy atom. The molecule has 174 valence electrons. The van der Waals surface area contributed by atoms with Crippen LogP contribution in [0.25, 0.3) is 0 Å². The summed E-state index contributed by atoms with van der Waals surface area (Å²) in [4.78, 5) is 0. The monoisotopic (exact) mass is 566 g/mol. The first-order valence-electron chi connectivity index (χ1n) is 11.4. The van der Waals surface area contributed by atoms with Crippen LogP contribution in [0.1, 0.15) is 37.5 Å². The van der Waals surface area contributed by atoms with E-state index < -0.39 is 28.4 Å². The third-order valence-electron chi connectivity index (χ3n) is 6.60. The van der Waals surface area contributed by atoms with Crippen LogP contribution in [0.4, 0.5) is 0 Å². The minimum atomic E-state index is -1.66. The predicted molar refractivity (Wildman–Crippen MR) is 160 cm³/mol. The fraction of sp³-hybridized carbons (Fsp3) is 0.647. The zero-order valence-electron chi connectivity index (χ0n) is 21.4. The SMILES string of the molecule is CCO[SiH](OCC)[Si](CCc1cc(C)c(OC)cc1C)([Si]([SiH3])([SiH3])[SiH3])[Si]([SiH3])([SiH3])OCC. The van der Waals surface area contributed by atoms with Gasteiger partial charge in [0.1, 0.15) is 19.2 Å². The molecule has 4 nitrogen and oxygen atoms in total. The Bertz CT molecular complexity index is 678. The lowest BCUT2D eigenvalue weighted by Gasteiger charge is -2.53. The molecule has 0 fully saturated rings. The highest BCUT2D eigenvalue weighted by Crippen LogP contribution is 2.32. The summed E-state index contributed by atoms with van der Waals surface area (Å²) in [5, 5.41) is 0. The highest BCUT2D eigenvalue weighted by molar-refractivity contribution is 8.11. The Morgan fingerprint density at radius 2 is 1.43 bits per heavy atom. The van der Waals surface area contributed by atoms with Gasteiger partial charge in [-0.2, -0.15) is 0 Å². The van der Waals surface area contributed by atoms with Crippen LogP contribution in [0, 0.1) is 13.8 Å². The van der Waals surface area contributed by atoms with E-state index in [0.717, 1.165) is 25.6 Å². The van der Waals surface area contributed by atoms with Crippen LogP contribution in [-0.2, 0) is 19.7 Å². The lowest BCUT2D eigenvalue weighted by Crippen LogP contribution is -2.89. The second kappa shape index (κ2) is 12.4. The van der Waals surface area contributed by atoms with E-state index in [1.54, 1.807) is 7.11 Å². The van der Waals surface area contributed by atoms with Crippen molar-refractivity contribution in [1.82, 2.24) is 0 Å². The standard InChI is InChI=1S/C17H46O4Si9/c1-7-19-27(20-8-2)28(30(24,25)26,29(22,23)21-9-3)11-10-16-12-15(5)17(18-6)13-14(16)4/h12-13,27H,7-11H2,1-6,22-26H3. The molecule has 0 aliphatic heterocycles. The van der Waals surface area contributed by atoms with Gasteiger partial charge in [-0.15, -0.1) is 0 Å². The molecular formula is C17H46O4Si9. The second-order valence-electron chi connectivity index (χ2n) is 9.66. The van der Waals surface area contributed by atoms with E-state index in [-0.39, 0.29) is 0 Å². The number of hydrogen-bond acceptors (Lipinski definition) is 4. The molecule has 1 atom stereocenters. The fourth-order valence-corrected chi connectivity index (χ4v) is 279. The summed E-state index contributed by atoms with van der Waals surface area (Å²) in [5.74, 6) is 1.01. The van der Waals surface area contributed by atoms with E-state index in [4.69, 9.17) is 18.0 Å². The molecule has 0 heterocycles. The van der Waals surface area contributed by atoms with Gasteiger partial charge in [-0.05, 0) is 93.1 Å². The number of ether oxygens (including phenoxy) is 1. The van der Waals surface area contributed by atoms with Crippen LogP contribution in [-0.4, -0.2) is 104 Å². The molecule has 1 rings (SSSR count). The first-order valence-corrected chi connectivity index (χ1v) is 39.8. The number of hydrogen-bond donors (Lipinski definition) is 0. The Labute approximate surface area is 203 Å². The lowest BCUT2D eigenvalue weighted by molar-refractivity contribution is 0.229. The van der Waals surface area contributed by atoms with Crippen LogP contribution in [0.2, 0.25) is 6.04 Å². The quantitative estimate of drug-likeness (QED) is 0.233. The largest absolute Gasteiger partial charge is 0.496 e. The van der Waals surface area contributed by atoms with Crippen molar-refractivity contribution in [3.05, 3.63) is 28.8 Å². The Balaban J connectivity index is 3.54. The van der Waals surface area contributed by atoms with E-state index in [0.29, 0.717) is 0 Å². The van der Waals surface area contributed by atoms with Crippen LogP contribution >= 0.6 is 0 Å². The molecule has 1 aromatic rings. The molecular weight excluding hydrogens is 521 g/mol. The van der Waals surface area contributed by atoms with Crippen molar-refractivity contribution in [3.8, 4) is 5.75 Å². The molecule has 0 bridgehead atoms. The van der Waals surface area contributed by atoms with Crippen molar-refractivity contribution in [1.29, 1.82) is 0 Å². The van der Waals surface area contributed by atoms with Crippen LogP contribution in [0.5, 0.6) is 5.75 Å². The van der Waals surface area contributed by atoms with Crippen molar-refractivity contribution < 1.29 is 18.0 Å². The minimum Gasteiger partial charge on any atom is -0.496 e. The molecule has 13 heteroatoms. The van der Waals surface area contributed by atoms with E-state index >= 15 is 0 Å². The van der Waals surface area contributed by atoms with Gasteiger partial charge >= 0.3 is 0 Å². The molecule has 0 saturated carbocycles. The van der Waals surface area contributed by atoms with E-state index in [2.05, 4.69) is 46.8 Å². The molecule has 0 saturated heterocycles. The maximum Gasteiger partial charge on any atom is 0.296 e. The van der Waals surface area contributed by atoms with Crippen LogP contribution in [0.3, 0.4) is 0 Å². The Hall–Kier alpha value is 0.852. The Morgan fingerprint density at radius 3 is 1.87 bits per heavy atom. The molecule has 0 radical (unpaired) electrons. The number of benzene rings is 1. The van der Waals surface area contributed by atoms with E-state index in [9.17, 15) is 0 Å². The molecule has 30 heavy (non-hydrogen) atoms. The molecule has 1 unspecified atom stereocenters. The summed E-state index contributed by atoms with van der Waals surface area (Å²) in [6.07, 6.45) is 0.0938. The van der Waals surface area contributed by atoms with Crippen molar-refractivity contribution in [3.63, 3.8) is 0 Å². The first-order chi connectivity index (χ1) is 13.9. The lowest BCUT2D eigenvalue weighted by atomic mass is 10.0. The van der Waals surface area contributed by atoms with E-state index in [1.165, 1.54) is 78.0 Å². The summed E-state index contributed by atoms with van der Waals surface area (Å²) in [6.45, 7) is 10.3. The molecule has 0 N–H and O–H groups in total. The molecule has 0 amide bonds. The second-order valence-corrected chi connectivity index (χ2v) is 117. The number of rotatable bonds is 13. The summed E-state index contributed by atoms with van der Waals surface area (Å²) < 4.78 is 25.7. The van der Waals surface area contributed by atoms with Gasteiger partial charge in [-0.25, -0.2) is 0 Å². The van der Waals surface area contributed by atoms with Crippen molar-refractivity contribution in [2.75, 3.05) is 26.9 Å². The normalized spacial score (nSPS) is 18.5. The average Bonchev–Trinajstić information content (AvgIpc) is 2.63. The van der Waals surface area contributed by atoms with Gasteiger partial charge in [-0.3, -0.25) is 0 Å². The average molecular weight is 567 g/mol. The molecule has 0 aliphatic rings. The summed E-state index contributed by atoms with van der Waals surface area (Å²) in [7, 11) is 6.97. The zero-order valence-corrected chi connectivity index (χ0v) is 35.6. The summed E-state index contributed by atoms with van der Waals surface area (Å²) in [6, 6.07) is 6.00. The smallest absolute Gasteiger partial charge is 0.296 e. The van der Waals surface area contributed by atoms with Crippen molar-refractivity contribution in [2.24, 2.45) is 0 Å². The van der Waals surface area contributed by atoms with Crippen LogP contribution < -0.4 is 4.74 Å². The van der Waals surface area contributed by atoms with Gasteiger partial charge in [0, 0.05) is 45.5 Å². The number of aryl methyl sites for hydroxylation is 3. The third-order valence-corrected chi connectivity index (χ3v) is 157. The maximum absolute atomic E-state index is 6.85. The minimum absolute atomic E-state index is 0.821. The highest BCUT2D eigenvalue weighted by Gasteiger charge is 2.64. The van der Waals surface area contributed by atoms with Gasteiger partial charge in [0.2, 0.25) is 0 Å². The van der Waals surface area contributed by atoms with Gasteiger partial charge in [-0.1, -0.05) is 12.1 Å². The Kier molecular flexibility index (Phi) is 11.9. The number of methoxy groups -OCH3 is 1.